The van der Waals surface area contributed by atoms with Crippen molar-refractivity contribution >= 4 is 17.9 Å². The highest BCUT2D eigenvalue weighted by molar-refractivity contribution is 5.71. The van der Waals surface area contributed by atoms with E-state index in [0.717, 1.165) is 89.9 Å². The molecule has 6 heteroatoms. The van der Waals surface area contributed by atoms with Crippen LogP contribution in [0.4, 0.5) is 0 Å². The molecule has 0 aliphatic rings. The summed E-state index contributed by atoms with van der Waals surface area (Å²) >= 11 is 0. The highest BCUT2D eigenvalue weighted by Crippen LogP contribution is 2.17. The third kappa shape index (κ3) is 56.0. The van der Waals surface area contributed by atoms with Crippen molar-refractivity contribution in [2.45, 2.75) is 316 Å². The van der Waals surface area contributed by atoms with Crippen LogP contribution >= 0.6 is 0 Å². The Morgan fingerprint density at radius 1 is 0.300 bits per heavy atom. The second-order valence-corrected chi connectivity index (χ2v) is 20.2. The van der Waals surface area contributed by atoms with Crippen molar-refractivity contribution < 1.29 is 28.6 Å². The van der Waals surface area contributed by atoms with Gasteiger partial charge in [-0.3, -0.25) is 14.4 Å². The number of rotatable bonds is 55. The summed E-state index contributed by atoms with van der Waals surface area (Å²) in [6.45, 7) is 6.50. The second kappa shape index (κ2) is 58.7. The lowest BCUT2D eigenvalue weighted by molar-refractivity contribution is -0.167. The molecular formula is C64H114O6. The summed E-state index contributed by atoms with van der Waals surface area (Å²) in [5.41, 5.74) is 0. The molecule has 6 nitrogen and oxygen atoms in total. The first-order chi connectivity index (χ1) is 34.5. The normalized spacial score (nSPS) is 12.4. The van der Waals surface area contributed by atoms with Gasteiger partial charge in [-0.2, -0.15) is 0 Å². The lowest BCUT2D eigenvalue weighted by Crippen LogP contribution is -2.30. The van der Waals surface area contributed by atoms with E-state index in [4.69, 9.17) is 14.2 Å². The monoisotopic (exact) mass is 979 g/mol. The van der Waals surface area contributed by atoms with Crippen LogP contribution in [0.5, 0.6) is 0 Å². The Bertz CT molecular complexity index is 1260. The summed E-state index contributed by atoms with van der Waals surface area (Å²) in [6.07, 6.45) is 74.0. The standard InChI is InChI=1S/C64H114O6/c1-4-7-10-13-16-18-20-22-24-26-27-28-29-30-31-32-33-34-35-36-37-39-40-42-44-46-48-51-54-57-63(66)69-60-61(59-68-62(65)56-53-50-15-12-9-6-3)70-64(67)58-55-52-49-47-45-43-41-38-25-23-21-19-17-14-11-8-5-2/h7,10,16,18,22,24,27-28,30-31,61H,4-6,8-9,11-15,17,19-21,23,25-26,29,32-60H2,1-3H3/b10-7-,18-16-,24-22-,28-27-,31-30-. The Morgan fingerprint density at radius 3 is 0.871 bits per heavy atom. The average molecular weight is 980 g/mol. The van der Waals surface area contributed by atoms with Gasteiger partial charge in [-0.25, -0.2) is 0 Å². The minimum atomic E-state index is -0.768. The van der Waals surface area contributed by atoms with Gasteiger partial charge in [0.25, 0.3) is 0 Å². The lowest BCUT2D eigenvalue weighted by atomic mass is 10.0. The van der Waals surface area contributed by atoms with E-state index in [-0.39, 0.29) is 31.1 Å². The van der Waals surface area contributed by atoms with Gasteiger partial charge in [0.15, 0.2) is 6.10 Å². The van der Waals surface area contributed by atoms with Gasteiger partial charge in [0.1, 0.15) is 13.2 Å². The van der Waals surface area contributed by atoms with Crippen molar-refractivity contribution in [1.82, 2.24) is 0 Å². The predicted octanol–water partition coefficient (Wildman–Crippen LogP) is 20.4. The van der Waals surface area contributed by atoms with Crippen LogP contribution in [0.15, 0.2) is 60.8 Å². The SMILES string of the molecule is CC/C=C\C/C=C\C/C=C\C/C=C\C/C=C\CCCCCCCCCCCCCCCC(=O)OCC(COC(=O)CCCCCCCC)OC(=O)CCCCCCCCCCCCCCCCCCC. The first-order valence-electron chi connectivity index (χ1n) is 30.3. The largest absolute Gasteiger partial charge is 0.462 e. The van der Waals surface area contributed by atoms with Gasteiger partial charge in [-0.1, -0.05) is 287 Å². The maximum atomic E-state index is 12.8. The zero-order valence-corrected chi connectivity index (χ0v) is 46.5. The van der Waals surface area contributed by atoms with Gasteiger partial charge in [0, 0.05) is 19.3 Å². The van der Waals surface area contributed by atoms with Gasteiger partial charge in [-0.05, 0) is 64.2 Å². The van der Waals surface area contributed by atoms with Crippen LogP contribution < -0.4 is 0 Å². The van der Waals surface area contributed by atoms with Crippen molar-refractivity contribution in [3.8, 4) is 0 Å². The van der Waals surface area contributed by atoms with Crippen LogP contribution in [0.2, 0.25) is 0 Å². The van der Waals surface area contributed by atoms with Gasteiger partial charge < -0.3 is 14.2 Å². The molecule has 0 fully saturated rings. The predicted molar refractivity (Wildman–Crippen MR) is 302 cm³/mol. The zero-order chi connectivity index (χ0) is 50.7. The molecule has 0 aliphatic carbocycles. The fraction of sp³-hybridized carbons (Fsp3) is 0.797. The molecule has 1 atom stereocenters. The third-order valence-corrected chi connectivity index (χ3v) is 13.3. The molecule has 0 spiro atoms. The molecule has 0 aliphatic heterocycles. The summed E-state index contributed by atoms with van der Waals surface area (Å²) in [7, 11) is 0. The summed E-state index contributed by atoms with van der Waals surface area (Å²) in [5.74, 6) is -0.866. The van der Waals surface area contributed by atoms with Crippen LogP contribution in [-0.2, 0) is 28.6 Å². The van der Waals surface area contributed by atoms with E-state index in [1.807, 2.05) is 0 Å². The maximum Gasteiger partial charge on any atom is 0.306 e. The minimum Gasteiger partial charge on any atom is -0.462 e. The average Bonchev–Trinajstić information content (AvgIpc) is 3.36. The first kappa shape index (κ1) is 67.1. The third-order valence-electron chi connectivity index (χ3n) is 13.3. The molecular weight excluding hydrogens is 865 g/mol. The molecule has 1 unspecified atom stereocenters. The van der Waals surface area contributed by atoms with Crippen molar-refractivity contribution in [2.75, 3.05) is 13.2 Å². The number of ether oxygens (including phenoxy) is 3. The van der Waals surface area contributed by atoms with E-state index in [2.05, 4.69) is 81.5 Å². The summed E-state index contributed by atoms with van der Waals surface area (Å²) in [6, 6.07) is 0. The van der Waals surface area contributed by atoms with E-state index >= 15 is 0 Å². The van der Waals surface area contributed by atoms with Crippen LogP contribution in [0.3, 0.4) is 0 Å². The molecule has 0 heterocycles. The summed E-state index contributed by atoms with van der Waals surface area (Å²) in [5, 5.41) is 0. The Kier molecular flexibility index (Phi) is 56.3. The van der Waals surface area contributed by atoms with E-state index in [9.17, 15) is 14.4 Å². The fourth-order valence-corrected chi connectivity index (χ4v) is 8.77. The number of allylic oxidation sites excluding steroid dienone is 10. The van der Waals surface area contributed by atoms with Crippen molar-refractivity contribution in [1.29, 1.82) is 0 Å². The molecule has 0 aromatic carbocycles. The number of hydrogen-bond donors (Lipinski definition) is 0. The number of carbonyl (C=O) groups is 3. The van der Waals surface area contributed by atoms with Crippen LogP contribution in [-0.4, -0.2) is 37.2 Å². The molecule has 0 saturated carbocycles. The Hall–Kier alpha value is -2.89. The Labute approximate surface area is 434 Å². The molecule has 70 heavy (non-hydrogen) atoms. The molecule has 406 valence electrons. The smallest absolute Gasteiger partial charge is 0.306 e. The quantitative estimate of drug-likeness (QED) is 0.0261. The van der Waals surface area contributed by atoms with Crippen LogP contribution in [0, 0.1) is 0 Å². The number of unbranched alkanes of at least 4 members (excludes halogenated alkanes) is 34. The fourth-order valence-electron chi connectivity index (χ4n) is 8.77. The number of hydrogen-bond acceptors (Lipinski definition) is 6. The molecule has 0 aromatic heterocycles. The van der Waals surface area contributed by atoms with Crippen molar-refractivity contribution in [3.63, 3.8) is 0 Å². The summed E-state index contributed by atoms with van der Waals surface area (Å²) < 4.78 is 16.8. The molecule has 0 aromatic rings. The minimum absolute atomic E-state index is 0.0703. The van der Waals surface area contributed by atoms with Gasteiger partial charge in [-0.15, -0.1) is 0 Å². The van der Waals surface area contributed by atoms with Gasteiger partial charge >= 0.3 is 17.9 Å². The molecule has 0 saturated heterocycles. The van der Waals surface area contributed by atoms with E-state index in [1.165, 1.54) is 180 Å². The topological polar surface area (TPSA) is 78.9 Å². The highest BCUT2D eigenvalue weighted by atomic mass is 16.6. The zero-order valence-electron chi connectivity index (χ0n) is 46.5. The molecule has 0 bridgehead atoms. The summed E-state index contributed by atoms with van der Waals surface area (Å²) in [4.78, 5) is 37.9. The lowest BCUT2D eigenvalue weighted by Gasteiger charge is -2.18. The molecule has 0 rings (SSSR count). The van der Waals surface area contributed by atoms with E-state index < -0.39 is 6.10 Å². The molecule has 0 radical (unpaired) electrons. The first-order valence-corrected chi connectivity index (χ1v) is 30.3. The maximum absolute atomic E-state index is 12.8. The van der Waals surface area contributed by atoms with E-state index in [0.29, 0.717) is 19.3 Å². The van der Waals surface area contributed by atoms with Crippen molar-refractivity contribution in [2.24, 2.45) is 0 Å². The van der Waals surface area contributed by atoms with Crippen LogP contribution in [0.25, 0.3) is 0 Å². The van der Waals surface area contributed by atoms with Crippen LogP contribution in [0.1, 0.15) is 310 Å². The van der Waals surface area contributed by atoms with E-state index in [1.54, 1.807) is 0 Å². The Morgan fingerprint density at radius 2 is 0.557 bits per heavy atom. The molecule has 0 amide bonds. The van der Waals surface area contributed by atoms with Gasteiger partial charge in [0.05, 0.1) is 0 Å². The number of esters is 3. The Balaban J connectivity index is 4.04. The molecule has 0 N–H and O–H groups in total. The number of carbonyl (C=O) groups excluding carboxylic acids is 3. The highest BCUT2D eigenvalue weighted by Gasteiger charge is 2.19. The van der Waals surface area contributed by atoms with Crippen molar-refractivity contribution in [3.05, 3.63) is 60.8 Å². The van der Waals surface area contributed by atoms with Gasteiger partial charge in [0.2, 0.25) is 0 Å². The second-order valence-electron chi connectivity index (χ2n) is 20.2.